The minimum atomic E-state index is -1.14. The third kappa shape index (κ3) is 2.96. The number of nitrogens with one attached hydrogen (secondary N) is 1. The van der Waals surface area contributed by atoms with Gasteiger partial charge < -0.3 is 10.4 Å². The van der Waals surface area contributed by atoms with Crippen LogP contribution in [0.3, 0.4) is 0 Å². The molecule has 1 heterocycles. The first-order valence-corrected chi connectivity index (χ1v) is 6.93. The quantitative estimate of drug-likeness (QED) is 0.901. The van der Waals surface area contributed by atoms with Crippen LogP contribution in [0.1, 0.15) is 38.9 Å². The number of benzene rings is 1. The molecule has 0 saturated heterocycles. The first kappa shape index (κ1) is 14.5. The molecule has 0 radical (unpaired) electrons. The number of carboxylic acids is 1. The Morgan fingerprint density at radius 1 is 1.45 bits per heavy atom. The summed E-state index contributed by atoms with van der Waals surface area (Å²) >= 11 is 1.57. The highest BCUT2D eigenvalue weighted by Gasteiger charge is 2.15. The molecule has 1 atom stereocenters. The van der Waals surface area contributed by atoms with Crippen LogP contribution in [-0.4, -0.2) is 16.1 Å². The Morgan fingerprint density at radius 2 is 2.15 bits per heavy atom. The summed E-state index contributed by atoms with van der Waals surface area (Å²) in [4.78, 5) is 16.1. The van der Waals surface area contributed by atoms with E-state index in [-0.39, 0.29) is 17.3 Å². The fourth-order valence-corrected chi connectivity index (χ4v) is 2.94. The lowest BCUT2D eigenvalue weighted by atomic mass is 10.1. The molecular formula is C14H15FN2O2S. The number of hydrogen-bond donors (Lipinski definition) is 2. The molecule has 4 nitrogen and oxygen atoms in total. The molecule has 2 N–H and O–H groups in total. The summed E-state index contributed by atoms with van der Waals surface area (Å²) in [5.41, 5.74) is 1.15. The highest BCUT2D eigenvalue weighted by Crippen LogP contribution is 2.28. The van der Waals surface area contributed by atoms with Crippen molar-refractivity contribution in [2.45, 2.75) is 26.8 Å². The Balaban J connectivity index is 2.22. The van der Waals surface area contributed by atoms with Crippen molar-refractivity contribution in [3.05, 3.63) is 45.2 Å². The average molecular weight is 294 g/mol. The third-order valence-corrected chi connectivity index (χ3v) is 4.18. The molecule has 2 rings (SSSR count). The number of thiazole rings is 1. The second-order valence-electron chi connectivity index (χ2n) is 4.55. The molecule has 0 aliphatic heterocycles. The van der Waals surface area contributed by atoms with Crippen LogP contribution in [-0.2, 0) is 0 Å². The highest BCUT2D eigenvalue weighted by atomic mass is 32.1. The predicted molar refractivity (Wildman–Crippen MR) is 77.0 cm³/mol. The predicted octanol–water partition coefficient (Wildman–Crippen LogP) is 3.77. The van der Waals surface area contributed by atoms with Gasteiger partial charge in [-0.05, 0) is 39.0 Å². The van der Waals surface area contributed by atoms with Crippen molar-refractivity contribution in [1.82, 2.24) is 4.98 Å². The normalized spacial score (nSPS) is 12.2. The fourth-order valence-electron chi connectivity index (χ4n) is 2.01. The van der Waals surface area contributed by atoms with Crippen molar-refractivity contribution in [1.29, 1.82) is 0 Å². The third-order valence-electron chi connectivity index (χ3n) is 2.92. The van der Waals surface area contributed by atoms with E-state index in [4.69, 9.17) is 5.11 Å². The van der Waals surface area contributed by atoms with Crippen LogP contribution in [0.25, 0.3) is 0 Å². The Hall–Kier alpha value is -1.95. The number of hydrogen-bond acceptors (Lipinski definition) is 4. The number of anilines is 1. The average Bonchev–Trinajstić information content (AvgIpc) is 2.70. The Kier molecular flexibility index (Phi) is 4.04. The fraction of sp³-hybridized carbons (Fsp3) is 0.286. The molecule has 0 bridgehead atoms. The Morgan fingerprint density at radius 3 is 2.65 bits per heavy atom. The topological polar surface area (TPSA) is 62.2 Å². The zero-order valence-electron chi connectivity index (χ0n) is 11.4. The molecule has 1 aromatic heterocycles. The second-order valence-corrected chi connectivity index (χ2v) is 5.78. The highest BCUT2D eigenvalue weighted by molar-refractivity contribution is 7.11. The van der Waals surface area contributed by atoms with Gasteiger partial charge in [-0.25, -0.2) is 14.2 Å². The molecule has 6 heteroatoms. The van der Waals surface area contributed by atoms with Crippen molar-refractivity contribution in [3.63, 3.8) is 0 Å². The molecule has 0 aliphatic rings. The lowest BCUT2D eigenvalue weighted by Gasteiger charge is -2.15. The van der Waals surface area contributed by atoms with E-state index in [0.717, 1.165) is 21.6 Å². The summed E-state index contributed by atoms with van der Waals surface area (Å²) < 4.78 is 13.9. The number of halogens is 1. The lowest BCUT2D eigenvalue weighted by Crippen LogP contribution is -2.08. The van der Waals surface area contributed by atoms with Crippen LogP contribution in [0.5, 0.6) is 0 Å². The van der Waals surface area contributed by atoms with E-state index in [1.54, 1.807) is 11.3 Å². The minimum absolute atomic E-state index is 0.0643. The SMILES string of the molecule is Cc1nc(C)c(C(C)Nc2ccc(C(=O)O)cc2F)s1. The summed E-state index contributed by atoms with van der Waals surface area (Å²) in [6.45, 7) is 5.77. The van der Waals surface area contributed by atoms with Crippen molar-refractivity contribution in [3.8, 4) is 0 Å². The molecule has 0 amide bonds. The largest absolute Gasteiger partial charge is 0.478 e. The van der Waals surface area contributed by atoms with E-state index >= 15 is 0 Å². The van der Waals surface area contributed by atoms with E-state index in [2.05, 4.69) is 10.3 Å². The number of aromatic nitrogens is 1. The molecule has 0 spiro atoms. The van der Waals surface area contributed by atoms with Gasteiger partial charge in [-0.15, -0.1) is 11.3 Å². The maximum absolute atomic E-state index is 13.9. The van der Waals surface area contributed by atoms with Crippen LogP contribution >= 0.6 is 11.3 Å². The molecule has 20 heavy (non-hydrogen) atoms. The van der Waals surface area contributed by atoms with E-state index in [9.17, 15) is 9.18 Å². The van der Waals surface area contributed by atoms with Crippen LogP contribution in [0.2, 0.25) is 0 Å². The molecule has 1 unspecified atom stereocenters. The number of nitrogens with zero attached hydrogens (tertiary/aromatic N) is 1. The standard InChI is InChI=1S/C14H15FN2O2S/c1-7-13(20-9(3)16-7)8(2)17-12-5-4-10(14(18)19)6-11(12)15/h4-6,8,17H,1-3H3,(H,18,19). The van der Waals surface area contributed by atoms with E-state index in [1.807, 2.05) is 20.8 Å². The number of aryl methyl sites for hydroxylation is 2. The van der Waals surface area contributed by atoms with E-state index in [0.29, 0.717) is 0 Å². The number of carboxylic acid groups (broad SMARTS) is 1. The monoisotopic (exact) mass is 294 g/mol. The van der Waals surface area contributed by atoms with Gasteiger partial charge in [0.2, 0.25) is 0 Å². The molecule has 0 fully saturated rings. The molecule has 2 aromatic rings. The smallest absolute Gasteiger partial charge is 0.335 e. The molecule has 0 saturated carbocycles. The molecular weight excluding hydrogens is 279 g/mol. The van der Waals surface area contributed by atoms with Crippen molar-refractivity contribution in [2.24, 2.45) is 0 Å². The van der Waals surface area contributed by atoms with Gasteiger partial charge in [0.25, 0.3) is 0 Å². The van der Waals surface area contributed by atoms with Crippen LogP contribution < -0.4 is 5.32 Å². The molecule has 0 aliphatic carbocycles. The van der Waals surface area contributed by atoms with Gasteiger partial charge >= 0.3 is 5.97 Å². The van der Waals surface area contributed by atoms with E-state index in [1.165, 1.54) is 12.1 Å². The summed E-state index contributed by atoms with van der Waals surface area (Å²) in [6, 6.07) is 3.75. The maximum atomic E-state index is 13.9. The minimum Gasteiger partial charge on any atom is -0.478 e. The van der Waals surface area contributed by atoms with Gasteiger partial charge in [-0.1, -0.05) is 0 Å². The van der Waals surface area contributed by atoms with Crippen LogP contribution in [0.4, 0.5) is 10.1 Å². The van der Waals surface area contributed by atoms with Crippen molar-refractivity contribution in [2.75, 3.05) is 5.32 Å². The summed E-state index contributed by atoms with van der Waals surface area (Å²) in [5.74, 6) is -1.71. The van der Waals surface area contributed by atoms with Gasteiger partial charge in [-0.3, -0.25) is 0 Å². The maximum Gasteiger partial charge on any atom is 0.335 e. The van der Waals surface area contributed by atoms with Gasteiger partial charge in [0.15, 0.2) is 0 Å². The number of rotatable bonds is 4. The van der Waals surface area contributed by atoms with E-state index < -0.39 is 11.8 Å². The van der Waals surface area contributed by atoms with Gasteiger partial charge in [0.05, 0.1) is 28.0 Å². The Labute approximate surface area is 120 Å². The van der Waals surface area contributed by atoms with Gasteiger partial charge in [0, 0.05) is 4.88 Å². The van der Waals surface area contributed by atoms with Crippen LogP contribution in [0, 0.1) is 19.7 Å². The first-order valence-electron chi connectivity index (χ1n) is 6.11. The molecule has 1 aromatic carbocycles. The zero-order valence-corrected chi connectivity index (χ0v) is 12.2. The van der Waals surface area contributed by atoms with Crippen LogP contribution in [0.15, 0.2) is 18.2 Å². The summed E-state index contributed by atoms with van der Waals surface area (Å²) in [5, 5.41) is 12.8. The number of aromatic carboxylic acids is 1. The first-order chi connectivity index (χ1) is 9.38. The Bertz CT molecular complexity index is 655. The summed E-state index contributed by atoms with van der Waals surface area (Å²) in [7, 11) is 0. The lowest BCUT2D eigenvalue weighted by molar-refractivity contribution is 0.0696. The van der Waals surface area contributed by atoms with Crippen molar-refractivity contribution < 1.29 is 14.3 Å². The second kappa shape index (κ2) is 5.58. The van der Waals surface area contributed by atoms with Crippen molar-refractivity contribution >= 4 is 23.0 Å². The zero-order chi connectivity index (χ0) is 14.9. The van der Waals surface area contributed by atoms with Gasteiger partial charge in [-0.2, -0.15) is 0 Å². The van der Waals surface area contributed by atoms with Gasteiger partial charge in [0.1, 0.15) is 5.82 Å². The number of carbonyl (C=O) groups is 1. The molecule has 106 valence electrons. The summed E-state index contributed by atoms with van der Waals surface area (Å²) in [6.07, 6.45) is 0.